The van der Waals surface area contributed by atoms with E-state index in [1.54, 1.807) is 0 Å². The summed E-state index contributed by atoms with van der Waals surface area (Å²) in [4.78, 5) is 6.94. The van der Waals surface area contributed by atoms with Crippen molar-refractivity contribution in [2.45, 2.75) is 50.4 Å². The van der Waals surface area contributed by atoms with Crippen LogP contribution in [-0.4, -0.2) is 35.1 Å². The molecule has 0 spiro atoms. The number of piperidine rings is 1. The first-order chi connectivity index (χ1) is 8.70. The third-order valence-corrected chi connectivity index (χ3v) is 4.74. The number of nitrogens with one attached hydrogen (secondary N) is 1. The van der Waals surface area contributed by atoms with E-state index in [1.165, 1.54) is 25.7 Å². The molecule has 2 atom stereocenters. The zero-order valence-electron chi connectivity index (χ0n) is 11.2. The minimum atomic E-state index is 0. The Balaban J connectivity index is 0.00000133. The fraction of sp³-hybridized carbons (Fsp3) is 0.643. The van der Waals surface area contributed by atoms with Crippen molar-refractivity contribution in [2.75, 3.05) is 7.05 Å². The average Bonchev–Trinajstić information content (AvgIpc) is 2.71. The van der Waals surface area contributed by atoms with Crippen molar-refractivity contribution >= 4 is 28.3 Å². The molecular formula is C14H21BrClN3. The van der Waals surface area contributed by atoms with Crippen molar-refractivity contribution in [1.29, 1.82) is 0 Å². The Kier molecular flexibility index (Phi) is 5.23. The molecule has 3 heterocycles. The Morgan fingerprint density at radius 3 is 2.58 bits per heavy atom. The van der Waals surface area contributed by atoms with Crippen molar-refractivity contribution in [2.24, 2.45) is 0 Å². The molecule has 2 unspecified atom stereocenters. The van der Waals surface area contributed by atoms with Crippen molar-refractivity contribution in [3.63, 3.8) is 0 Å². The number of halogens is 2. The molecule has 0 amide bonds. The molecule has 2 saturated heterocycles. The number of nitrogens with zero attached hydrogens (tertiary/aromatic N) is 2. The van der Waals surface area contributed by atoms with Crippen LogP contribution in [0.25, 0.3) is 0 Å². The smallest absolute Gasteiger partial charge is 0.0544 e. The van der Waals surface area contributed by atoms with Crippen LogP contribution in [0.2, 0.25) is 0 Å². The Morgan fingerprint density at radius 2 is 2.00 bits per heavy atom. The van der Waals surface area contributed by atoms with Gasteiger partial charge in [-0.15, -0.1) is 12.4 Å². The van der Waals surface area contributed by atoms with Gasteiger partial charge in [0.1, 0.15) is 0 Å². The fourth-order valence-corrected chi connectivity index (χ4v) is 3.51. The topological polar surface area (TPSA) is 28.2 Å². The lowest BCUT2D eigenvalue weighted by molar-refractivity contribution is 0.164. The maximum Gasteiger partial charge on any atom is 0.0544 e. The van der Waals surface area contributed by atoms with Gasteiger partial charge in [-0.25, -0.2) is 0 Å². The van der Waals surface area contributed by atoms with Gasteiger partial charge in [-0.3, -0.25) is 9.88 Å². The van der Waals surface area contributed by atoms with Gasteiger partial charge < -0.3 is 5.32 Å². The van der Waals surface area contributed by atoms with E-state index < -0.39 is 0 Å². The third-order valence-electron chi connectivity index (χ3n) is 4.27. The van der Waals surface area contributed by atoms with E-state index in [0.717, 1.165) is 28.8 Å². The number of fused-ring (bicyclic) bond motifs is 2. The summed E-state index contributed by atoms with van der Waals surface area (Å²) >= 11 is 3.43. The summed E-state index contributed by atoms with van der Waals surface area (Å²) in [5.41, 5.74) is 1.16. The zero-order chi connectivity index (χ0) is 12.5. The normalized spacial score (nSPS) is 29.3. The van der Waals surface area contributed by atoms with E-state index in [0.29, 0.717) is 6.04 Å². The van der Waals surface area contributed by atoms with Crippen LogP contribution in [0.3, 0.4) is 0 Å². The van der Waals surface area contributed by atoms with Gasteiger partial charge in [0.25, 0.3) is 0 Å². The van der Waals surface area contributed by atoms with Gasteiger partial charge in [0.15, 0.2) is 0 Å². The average molecular weight is 347 g/mol. The number of aromatic nitrogens is 1. The van der Waals surface area contributed by atoms with Gasteiger partial charge in [0.2, 0.25) is 0 Å². The molecule has 0 radical (unpaired) electrons. The van der Waals surface area contributed by atoms with Crippen LogP contribution in [0.15, 0.2) is 22.8 Å². The lowest BCUT2D eigenvalue weighted by Gasteiger charge is -2.35. The van der Waals surface area contributed by atoms with Crippen LogP contribution in [0, 0.1) is 0 Å². The Morgan fingerprint density at radius 1 is 1.32 bits per heavy atom. The molecule has 1 aromatic heterocycles. The van der Waals surface area contributed by atoms with Crippen LogP contribution >= 0.6 is 28.3 Å². The van der Waals surface area contributed by atoms with E-state index in [-0.39, 0.29) is 12.4 Å². The molecule has 0 aliphatic carbocycles. The standard InChI is InChI=1S/C14H20BrN3.ClH/c1-18(9-13-3-2-10(15)8-16-13)14-6-11-4-5-12(7-14)17-11;/h2-3,8,11-12,14,17H,4-7,9H2,1H3;1H. The van der Waals surface area contributed by atoms with Crippen LogP contribution in [0.4, 0.5) is 0 Å². The van der Waals surface area contributed by atoms with E-state index in [2.05, 4.69) is 50.3 Å². The SMILES string of the molecule is CN(Cc1ccc(Br)cn1)C1CC2CCC(C1)N2.Cl. The Labute approximate surface area is 129 Å². The van der Waals surface area contributed by atoms with E-state index in [1.807, 2.05) is 6.20 Å². The van der Waals surface area contributed by atoms with Gasteiger partial charge in [-0.2, -0.15) is 0 Å². The molecule has 1 N–H and O–H groups in total. The number of rotatable bonds is 3. The highest BCUT2D eigenvalue weighted by Crippen LogP contribution is 2.29. The first kappa shape index (κ1) is 15.2. The summed E-state index contributed by atoms with van der Waals surface area (Å²) in [6.45, 7) is 0.956. The first-order valence-electron chi connectivity index (χ1n) is 6.77. The molecule has 2 aliphatic heterocycles. The largest absolute Gasteiger partial charge is 0.311 e. The van der Waals surface area contributed by atoms with Gasteiger partial charge >= 0.3 is 0 Å². The summed E-state index contributed by atoms with van der Waals surface area (Å²) in [6.07, 6.45) is 7.21. The highest BCUT2D eigenvalue weighted by atomic mass is 79.9. The highest BCUT2D eigenvalue weighted by molar-refractivity contribution is 9.10. The molecule has 3 rings (SSSR count). The molecule has 2 bridgehead atoms. The minimum absolute atomic E-state index is 0. The number of hydrogen-bond donors (Lipinski definition) is 1. The predicted octanol–water partition coefficient (Wildman–Crippen LogP) is 2.98. The van der Waals surface area contributed by atoms with Crippen LogP contribution < -0.4 is 5.32 Å². The van der Waals surface area contributed by atoms with Gasteiger partial charge in [-0.05, 0) is 60.8 Å². The zero-order valence-corrected chi connectivity index (χ0v) is 13.6. The number of hydrogen-bond acceptors (Lipinski definition) is 3. The second-order valence-corrected chi connectivity index (χ2v) is 6.56. The monoisotopic (exact) mass is 345 g/mol. The summed E-state index contributed by atoms with van der Waals surface area (Å²) in [5, 5.41) is 3.70. The molecule has 2 fully saturated rings. The van der Waals surface area contributed by atoms with Crippen LogP contribution in [0.1, 0.15) is 31.4 Å². The van der Waals surface area contributed by atoms with Crippen molar-refractivity contribution < 1.29 is 0 Å². The van der Waals surface area contributed by atoms with Gasteiger partial charge in [-0.1, -0.05) is 0 Å². The lowest BCUT2D eigenvalue weighted by Crippen LogP contribution is -2.46. The quantitative estimate of drug-likeness (QED) is 0.912. The Hall–Kier alpha value is -0.160. The maximum absolute atomic E-state index is 4.46. The van der Waals surface area contributed by atoms with Gasteiger partial charge in [0, 0.05) is 35.3 Å². The molecule has 0 aromatic carbocycles. The minimum Gasteiger partial charge on any atom is -0.311 e. The van der Waals surface area contributed by atoms with Crippen LogP contribution in [-0.2, 0) is 6.54 Å². The highest BCUT2D eigenvalue weighted by Gasteiger charge is 2.34. The molecule has 0 saturated carbocycles. The Bertz CT molecular complexity index is 400. The predicted molar refractivity (Wildman–Crippen MR) is 83.6 cm³/mol. The van der Waals surface area contributed by atoms with Gasteiger partial charge in [0.05, 0.1) is 5.69 Å². The molecule has 19 heavy (non-hydrogen) atoms. The van der Waals surface area contributed by atoms with E-state index >= 15 is 0 Å². The molecule has 5 heteroatoms. The second-order valence-electron chi connectivity index (χ2n) is 5.65. The molecular weight excluding hydrogens is 326 g/mol. The third kappa shape index (κ3) is 3.69. The molecule has 3 nitrogen and oxygen atoms in total. The summed E-state index contributed by atoms with van der Waals surface area (Å²) in [7, 11) is 2.24. The molecule has 1 aromatic rings. The molecule has 106 valence electrons. The van der Waals surface area contributed by atoms with Crippen LogP contribution in [0.5, 0.6) is 0 Å². The summed E-state index contributed by atoms with van der Waals surface area (Å²) in [5.74, 6) is 0. The first-order valence-corrected chi connectivity index (χ1v) is 7.57. The maximum atomic E-state index is 4.46. The fourth-order valence-electron chi connectivity index (χ4n) is 3.27. The van der Waals surface area contributed by atoms with E-state index in [9.17, 15) is 0 Å². The second kappa shape index (κ2) is 6.53. The number of pyridine rings is 1. The summed E-state index contributed by atoms with van der Waals surface area (Å²) < 4.78 is 1.05. The van der Waals surface area contributed by atoms with E-state index in [4.69, 9.17) is 0 Å². The van der Waals surface area contributed by atoms with Crippen molar-refractivity contribution in [3.05, 3.63) is 28.5 Å². The van der Waals surface area contributed by atoms with Crippen molar-refractivity contribution in [3.8, 4) is 0 Å². The van der Waals surface area contributed by atoms with Crippen molar-refractivity contribution in [1.82, 2.24) is 15.2 Å². The lowest BCUT2D eigenvalue weighted by atomic mass is 9.98. The molecule has 2 aliphatic rings. The summed E-state index contributed by atoms with van der Waals surface area (Å²) in [6, 6.07) is 6.41.